The van der Waals surface area contributed by atoms with Gasteiger partial charge in [-0.15, -0.1) is 0 Å². The molecule has 0 aliphatic heterocycles. The summed E-state index contributed by atoms with van der Waals surface area (Å²) in [6.45, 7) is 0.207. The maximum Gasteiger partial charge on any atom is 0.124 e. The maximum absolute atomic E-state index is 12.7. The predicted octanol–water partition coefficient (Wildman–Crippen LogP) is 3.02. The fourth-order valence-electron chi connectivity index (χ4n) is 1.03. The number of rotatable bonds is 3. The molecule has 0 saturated heterocycles. The van der Waals surface area contributed by atoms with E-state index in [1.54, 1.807) is 12.2 Å². The molecule has 0 aliphatic carbocycles. The zero-order valence-corrected chi connectivity index (χ0v) is 7.76. The summed E-state index contributed by atoms with van der Waals surface area (Å²) in [5.41, 5.74) is 8.88. The van der Waals surface area contributed by atoms with Gasteiger partial charge < -0.3 is 0 Å². The SMILES string of the molecule is N#Cc1cc(F)ccc1C=CCN=[N+]=[N-]. The second-order valence-corrected chi connectivity index (χ2v) is 2.66. The molecule has 0 spiro atoms. The lowest BCUT2D eigenvalue weighted by atomic mass is 10.1. The summed E-state index contributed by atoms with van der Waals surface area (Å²) in [6, 6.07) is 5.81. The third kappa shape index (κ3) is 3.14. The van der Waals surface area contributed by atoms with Crippen LogP contribution in [0.25, 0.3) is 16.5 Å². The average molecular weight is 202 g/mol. The fourth-order valence-corrected chi connectivity index (χ4v) is 1.03. The fraction of sp³-hybridized carbons (Fsp3) is 0.100. The Morgan fingerprint density at radius 2 is 2.40 bits per heavy atom. The number of nitriles is 1. The van der Waals surface area contributed by atoms with E-state index in [1.807, 2.05) is 6.07 Å². The van der Waals surface area contributed by atoms with Crippen LogP contribution in [0.3, 0.4) is 0 Å². The van der Waals surface area contributed by atoms with Gasteiger partial charge in [0.05, 0.1) is 11.6 Å². The molecule has 0 aliphatic rings. The molecule has 0 bridgehead atoms. The van der Waals surface area contributed by atoms with Gasteiger partial charge in [-0.25, -0.2) is 4.39 Å². The van der Waals surface area contributed by atoms with E-state index in [1.165, 1.54) is 12.1 Å². The molecule has 74 valence electrons. The zero-order chi connectivity index (χ0) is 11.1. The lowest BCUT2D eigenvalue weighted by Crippen LogP contribution is -1.84. The normalized spacial score (nSPS) is 9.60. The number of hydrogen-bond donors (Lipinski definition) is 0. The second-order valence-electron chi connectivity index (χ2n) is 2.66. The minimum Gasteiger partial charge on any atom is -0.207 e. The Kier molecular flexibility index (Phi) is 3.90. The molecular formula is C10H7FN4. The quantitative estimate of drug-likeness (QED) is 0.421. The maximum atomic E-state index is 12.7. The number of hydrogen-bond acceptors (Lipinski definition) is 2. The summed E-state index contributed by atoms with van der Waals surface area (Å²) < 4.78 is 12.7. The monoisotopic (exact) mass is 202 g/mol. The zero-order valence-electron chi connectivity index (χ0n) is 7.76. The van der Waals surface area contributed by atoms with Gasteiger partial charge in [0.2, 0.25) is 0 Å². The van der Waals surface area contributed by atoms with Crippen LogP contribution in [0.5, 0.6) is 0 Å². The average Bonchev–Trinajstić information content (AvgIpc) is 2.26. The highest BCUT2D eigenvalue weighted by molar-refractivity contribution is 5.58. The molecule has 0 amide bonds. The molecule has 4 nitrogen and oxygen atoms in total. The van der Waals surface area contributed by atoms with Gasteiger partial charge in [0, 0.05) is 11.5 Å². The molecule has 15 heavy (non-hydrogen) atoms. The van der Waals surface area contributed by atoms with Crippen LogP contribution in [0.2, 0.25) is 0 Å². The highest BCUT2D eigenvalue weighted by Gasteiger charge is 1.99. The smallest absolute Gasteiger partial charge is 0.124 e. The number of nitrogens with zero attached hydrogens (tertiary/aromatic N) is 4. The first-order valence-corrected chi connectivity index (χ1v) is 4.15. The van der Waals surface area contributed by atoms with Crippen LogP contribution in [-0.2, 0) is 0 Å². The van der Waals surface area contributed by atoms with Gasteiger partial charge in [0.15, 0.2) is 0 Å². The van der Waals surface area contributed by atoms with Gasteiger partial charge in [0.1, 0.15) is 5.82 Å². The Balaban J connectivity index is 2.90. The van der Waals surface area contributed by atoms with Crippen LogP contribution in [-0.4, -0.2) is 6.54 Å². The minimum atomic E-state index is -0.446. The molecule has 0 unspecified atom stereocenters. The van der Waals surface area contributed by atoms with Crippen molar-refractivity contribution in [2.45, 2.75) is 0 Å². The molecule has 1 aromatic carbocycles. The minimum absolute atomic E-state index is 0.207. The Bertz CT molecular complexity index is 467. The van der Waals surface area contributed by atoms with Crippen molar-refractivity contribution >= 4 is 6.08 Å². The molecular weight excluding hydrogens is 195 g/mol. The third-order valence-electron chi connectivity index (χ3n) is 1.68. The predicted molar refractivity (Wildman–Crippen MR) is 54.2 cm³/mol. The molecule has 1 rings (SSSR count). The second kappa shape index (κ2) is 5.43. The summed E-state index contributed by atoms with van der Waals surface area (Å²) >= 11 is 0. The third-order valence-corrected chi connectivity index (χ3v) is 1.68. The van der Waals surface area contributed by atoms with Crippen molar-refractivity contribution in [2.24, 2.45) is 5.11 Å². The summed E-state index contributed by atoms with van der Waals surface area (Å²) in [7, 11) is 0. The molecule has 5 heteroatoms. The van der Waals surface area contributed by atoms with Crippen molar-refractivity contribution in [3.63, 3.8) is 0 Å². The van der Waals surface area contributed by atoms with Gasteiger partial charge in [-0.1, -0.05) is 23.3 Å². The van der Waals surface area contributed by atoms with E-state index in [4.69, 9.17) is 10.8 Å². The van der Waals surface area contributed by atoms with Crippen molar-refractivity contribution < 1.29 is 4.39 Å². The van der Waals surface area contributed by atoms with Crippen LogP contribution in [0, 0.1) is 17.1 Å². The van der Waals surface area contributed by atoms with Gasteiger partial charge in [-0.2, -0.15) is 5.26 Å². The number of benzene rings is 1. The molecule has 0 saturated carbocycles. The van der Waals surface area contributed by atoms with Gasteiger partial charge in [0.25, 0.3) is 0 Å². The highest BCUT2D eigenvalue weighted by atomic mass is 19.1. The molecule has 0 radical (unpaired) electrons. The molecule has 0 atom stereocenters. The standard InChI is InChI=1S/C10H7FN4/c11-10-4-3-8(9(6-10)7-12)2-1-5-14-15-13/h1-4,6H,5H2. The van der Waals surface area contributed by atoms with E-state index in [0.29, 0.717) is 5.56 Å². The van der Waals surface area contributed by atoms with E-state index in [9.17, 15) is 4.39 Å². The van der Waals surface area contributed by atoms with Crippen molar-refractivity contribution in [3.05, 3.63) is 51.7 Å². The Morgan fingerprint density at radius 3 is 3.07 bits per heavy atom. The van der Waals surface area contributed by atoms with E-state index >= 15 is 0 Å². The Labute approximate surface area is 85.9 Å². The Morgan fingerprint density at radius 1 is 1.60 bits per heavy atom. The first-order chi connectivity index (χ1) is 7.27. The molecule has 0 fully saturated rings. The summed E-state index contributed by atoms with van der Waals surface area (Å²) in [5.74, 6) is -0.446. The topological polar surface area (TPSA) is 72.5 Å². The van der Waals surface area contributed by atoms with Crippen LogP contribution in [0.1, 0.15) is 11.1 Å². The van der Waals surface area contributed by atoms with Crippen molar-refractivity contribution in [1.29, 1.82) is 5.26 Å². The first-order valence-electron chi connectivity index (χ1n) is 4.15. The van der Waals surface area contributed by atoms with Crippen molar-refractivity contribution in [1.82, 2.24) is 0 Å². The lowest BCUT2D eigenvalue weighted by Gasteiger charge is -1.96. The molecule has 0 heterocycles. The largest absolute Gasteiger partial charge is 0.207 e. The van der Waals surface area contributed by atoms with E-state index < -0.39 is 5.82 Å². The first kappa shape index (κ1) is 10.8. The summed E-state index contributed by atoms with van der Waals surface area (Å²) in [4.78, 5) is 2.57. The molecule has 0 N–H and O–H groups in total. The van der Waals surface area contributed by atoms with Crippen LogP contribution >= 0.6 is 0 Å². The van der Waals surface area contributed by atoms with Crippen LogP contribution < -0.4 is 0 Å². The van der Waals surface area contributed by atoms with E-state index in [2.05, 4.69) is 10.0 Å². The summed E-state index contributed by atoms with van der Waals surface area (Å²) in [5, 5.41) is 12.0. The Hall–Kier alpha value is -2.31. The van der Waals surface area contributed by atoms with Crippen LogP contribution in [0.4, 0.5) is 4.39 Å². The highest BCUT2D eigenvalue weighted by Crippen LogP contribution is 2.11. The number of halogens is 1. The molecule has 0 aromatic heterocycles. The van der Waals surface area contributed by atoms with Gasteiger partial charge in [-0.05, 0) is 23.2 Å². The van der Waals surface area contributed by atoms with Crippen molar-refractivity contribution in [3.8, 4) is 6.07 Å². The van der Waals surface area contributed by atoms with Crippen LogP contribution in [0.15, 0.2) is 29.4 Å². The van der Waals surface area contributed by atoms with E-state index in [-0.39, 0.29) is 12.1 Å². The lowest BCUT2D eigenvalue weighted by molar-refractivity contribution is 0.627. The van der Waals surface area contributed by atoms with Gasteiger partial charge in [-0.3, -0.25) is 0 Å². The van der Waals surface area contributed by atoms with E-state index in [0.717, 1.165) is 6.07 Å². The molecule has 1 aromatic rings. The number of azide groups is 1. The van der Waals surface area contributed by atoms with Crippen molar-refractivity contribution in [2.75, 3.05) is 6.54 Å². The van der Waals surface area contributed by atoms with Gasteiger partial charge >= 0.3 is 0 Å². The summed E-state index contributed by atoms with van der Waals surface area (Å²) in [6.07, 6.45) is 3.22.